The first-order valence-corrected chi connectivity index (χ1v) is 7.46. The molecule has 0 atom stereocenters. The molecule has 0 fully saturated rings. The van der Waals surface area contributed by atoms with Gasteiger partial charge in [0.05, 0.1) is 6.61 Å². The smallest absolute Gasteiger partial charge is 0.410 e. The molecule has 2 rings (SSSR count). The largest absolute Gasteiger partial charge is 0.414 e. The van der Waals surface area contributed by atoms with E-state index in [9.17, 15) is 4.79 Å². The first kappa shape index (κ1) is 16.8. The van der Waals surface area contributed by atoms with Gasteiger partial charge in [0, 0.05) is 19.7 Å². The zero-order valence-electron chi connectivity index (χ0n) is 13.4. The Morgan fingerprint density at radius 1 is 1.13 bits per heavy atom. The fourth-order valence-electron chi connectivity index (χ4n) is 2.09. The fourth-order valence-corrected chi connectivity index (χ4v) is 2.09. The average Bonchev–Trinajstić information content (AvgIpc) is 2.57. The van der Waals surface area contributed by atoms with Gasteiger partial charge in [-0.05, 0) is 29.3 Å². The van der Waals surface area contributed by atoms with Crippen LogP contribution in [-0.2, 0) is 4.74 Å². The number of benzene rings is 2. The number of aliphatic hydroxyl groups is 1. The molecule has 0 aliphatic carbocycles. The second kappa shape index (κ2) is 8.15. The first-order valence-electron chi connectivity index (χ1n) is 7.46. The number of fused-ring (bicyclic) bond motifs is 1. The minimum atomic E-state index is -0.421. The second-order valence-corrected chi connectivity index (χ2v) is 5.28. The van der Waals surface area contributed by atoms with Crippen molar-refractivity contribution < 1.29 is 14.6 Å². The summed E-state index contributed by atoms with van der Waals surface area (Å²) < 4.78 is 5.48. The van der Waals surface area contributed by atoms with Crippen molar-refractivity contribution in [1.82, 2.24) is 4.90 Å². The van der Waals surface area contributed by atoms with Crippen LogP contribution < -0.4 is 0 Å². The molecule has 2 aromatic carbocycles. The van der Waals surface area contributed by atoms with Crippen molar-refractivity contribution in [3.8, 4) is 0 Å². The lowest BCUT2D eigenvalue weighted by atomic mass is 10.1. The molecule has 0 aliphatic heterocycles. The van der Waals surface area contributed by atoms with E-state index in [0.29, 0.717) is 12.2 Å². The van der Waals surface area contributed by atoms with Gasteiger partial charge in [0.25, 0.3) is 0 Å². The molecular formula is C19H21NO3. The predicted molar refractivity (Wildman–Crippen MR) is 92.9 cm³/mol. The Balaban J connectivity index is 2.33. The van der Waals surface area contributed by atoms with Crippen LogP contribution in [0.5, 0.6) is 0 Å². The van der Waals surface area contributed by atoms with Crippen LogP contribution in [0.2, 0.25) is 0 Å². The lowest BCUT2D eigenvalue weighted by Crippen LogP contribution is -2.22. The molecule has 1 N–H and O–H groups in total. The lowest BCUT2D eigenvalue weighted by molar-refractivity contribution is 0.162. The van der Waals surface area contributed by atoms with E-state index in [-0.39, 0.29) is 6.61 Å². The highest BCUT2D eigenvalue weighted by molar-refractivity contribution is 5.86. The Morgan fingerprint density at radius 3 is 2.57 bits per heavy atom. The number of amides is 1. The van der Waals surface area contributed by atoms with Crippen LogP contribution >= 0.6 is 0 Å². The Bertz CT molecular complexity index is 732. The molecule has 0 spiro atoms. The number of aliphatic hydroxyl groups excluding tert-OH is 1. The third-order valence-electron chi connectivity index (χ3n) is 3.31. The highest BCUT2D eigenvalue weighted by atomic mass is 16.6. The number of ether oxygens (including phenoxy) is 1. The van der Waals surface area contributed by atoms with E-state index >= 15 is 0 Å². The summed E-state index contributed by atoms with van der Waals surface area (Å²) in [6, 6.07) is 14.0. The van der Waals surface area contributed by atoms with Gasteiger partial charge in [0.15, 0.2) is 0 Å². The van der Waals surface area contributed by atoms with Crippen molar-refractivity contribution in [2.45, 2.75) is 6.42 Å². The molecule has 0 saturated carbocycles. The summed E-state index contributed by atoms with van der Waals surface area (Å²) in [6.45, 7) is -0.00334. The maximum atomic E-state index is 11.9. The molecule has 0 radical (unpaired) electrons. The Kier molecular flexibility index (Phi) is 5.94. The van der Waals surface area contributed by atoms with Crippen molar-refractivity contribution in [2.75, 3.05) is 20.7 Å². The Labute approximate surface area is 136 Å². The van der Waals surface area contributed by atoms with Gasteiger partial charge in [0.1, 0.15) is 5.76 Å². The van der Waals surface area contributed by atoms with Crippen LogP contribution in [-0.4, -0.2) is 36.8 Å². The Hall–Kier alpha value is -2.59. The summed E-state index contributed by atoms with van der Waals surface area (Å²) in [4.78, 5) is 13.3. The number of rotatable bonds is 5. The quantitative estimate of drug-likeness (QED) is 0.674. The van der Waals surface area contributed by atoms with Crippen LogP contribution in [0.1, 0.15) is 12.0 Å². The summed E-state index contributed by atoms with van der Waals surface area (Å²) >= 11 is 0. The molecule has 0 unspecified atom stereocenters. The van der Waals surface area contributed by atoms with Crippen LogP contribution in [0.3, 0.4) is 0 Å². The van der Waals surface area contributed by atoms with E-state index in [2.05, 4.69) is 0 Å². The van der Waals surface area contributed by atoms with Crippen molar-refractivity contribution >= 4 is 22.6 Å². The fraction of sp³-hybridized carbons (Fsp3) is 0.211. The van der Waals surface area contributed by atoms with Crippen LogP contribution in [0, 0.1) is 0 Å². The molecule has 2 aromatic rings. The average molecular weight is 311 g/mol. The monoisotopic (exact) mass is 311 g/mol. The molecule has 4 heteroatoms. The highest BCUT2D eigenvalue weighted by Gasteiger charge is 2.11. The van der Waals surface area contributed by atoms with Gasteiger partial charge in [-0.1, -0.05) is 48.6 Å². The number of hydrogen-bond acceptors (Lipinski definition) is 3. The van der Waals surface area contributed by atoms with Crippen molar-refractivity contribution in [2.24, 2.45) is 0 Å². The lowest BCUT2D eigenvalue weighted by Gasteiger charge is -2.14. The van der Waals surface area contributed by atoms with Gasteiger partial charge in [-0.3, -0.25) is 0 Å². The molecule has 4 nitrogen and oxygen atoms in total. The first-order chi connectivity index (χ1) is 11.1. The van der Waals surface area contributed by atoms with E-state index in [1.165, 1.54) is 4.90 Å². The summed E-state index contributed by atoms with van der Waals surface area (Å²) in [5.74, 6) is 0.511. The van der Waals surface area contributed by atoms with Crippen LogP contribution in [0.4, 0.5) is 4.79 Å². The standard InChI is InChI=1S/C19H21NO3/c1-20(2)19(22)23-18(10-4-3-7-13-21)17-12-11-15-8-5-6-9-16(15)14-17/h3,5-12,14,21H,4,13H2,1-2H3/b7-3-,18-10-. The van der Waals surface area contributed by atoms with Gasteiger partial charge in [0.2, 0.25) is 0 Å². The third-order valence-corrected chi connectivity index (χ3v) is 3.31. The molecule has 0 aliphatic rings. The molecule has 0 aromatic heterocycles. The summed E-state index contributed by atoms with van der Waals surface area (Å²) in [7, 11) is 3.29. The van der Waals surface area contributed by atoms with Gasteiger partial charge in [-0.2, -0.15) is 0 Å². The number of nitrogens with zero attached hydrogens (tertiary/aromatic N) is 1. The number of carbonyl (C=O) groups is 1. The maximum absolute atomic E-state index is 11.9. The molecule has 0 bridgehead atoms. The molecule has 120 valence electrons. The number of allylic oxidation sites excluding steroid dienone is 2. The normalized spacial score (nSPS) is 11.9. The maximum Gasteiger partial charge on any atom is 0.414 e. The zero-order chi connectivity index (χ0) is 16.7. The second-order valence-electron chi connectivity index (χ2n) is 5.28. The van der Waals surface area contributed by atoms with Crippen LogP contribution in [0.15, 0.2) is 60.7 Å². The molecular weight excluding hydrogens is 290 g/mol. The predicted octanol–water partition coefficient (Wildman–Crippen LogP) is 3.82. The van der Waals surface area contributed by atoms with Gasteiger partial charge >= 0.3 is 6.09 Å². The molecule has 0 saturated heterocycles. The minimum Gasteiger partial charge on any atom is -0.410 e. The molecule has 1 amide bonds. The minimum absolute atomic E-state index is 0.00334. The van der Waals surface area contributed by atoms with Gasteiger partial charge in [-0.25, -0.2) is 4.79 Å². The number of carbonyl (C=O) groups excluding carboxylic acids is 1. The van der Waals surface area contributed by atoms with E-state index < -0.39 is 6.09 Å². The molecule has 0 heterocycles. The van der Waals surface area contributed by atoms with Gasteiger partial charge < -0.3 is 14.7 Å². The summed E-state index contributed by atoms with van der Waals surface area (Å²) in [5.41, 5.74) is 0.844. The molecule has 23 heavy (non-hydrogen) atoms. The van der Waals surface area contributed by atoms with E-state index in [0.717, 1.165) is 16.3 Å². The number of hydrogen-bond donors (Lipinski definition) is 1. The van der Waals surface area contributed by atoms with Crippen molar-refractivity contribution in [3.05, 3.63) is 66.3 Å². The van der Waals surface area contributed by atoms with Crippen LogP contribution in [0.25, 0.3) is 16.5 Å². The summed E-state index contributed by atoms with van der Waals surface area (Å²) in [6.07, 6.45) is 5.46. The van der Waals surface area contributed by atoms with E-state index in [1.807, 2.05) is 54.6 Å². The van der Waals surface area contributed by atoms with E-state index in [1.54, 1.807) is 20.2 Å². The van der Waals surface area contributed by atoms with Crippen molar-refractivity contribution in [1.29, 1.82) is 0 Å². The third kappa shape index (κ3) is 4.69. The SMILES string of the molecule is CN(C)C(=O)O/C(=C\C/C=C\CO)c1ccc2ccccc2c1. The van der Waals surface area contributed by atoms with Gasteiger partial charge in [-0.15, -0.1) is 0 Å². The highest BCUT2D eigenvalue weighted by Crippen LogP contribution is 2.23. The van der Waals surface area contributed by atoms with E-state index in [4.69, 9.17) is 9.84 Å². The topological polar surface area (TPSA) is 49.8 Å². The summed E-state index contributed by atoms with van der Waals surface area (Å²) in [5, 5.41) is 11.0. The van der Waals surface area contributed by atoms with Crippen molar-refractivity contribution in [3.63, 3.8) is 0 Å². The Morgan fingerprint density at radius 2 is 1.87 bits per heavy atom. The zero-order valence-corrected chi connectivity index (χ0v) is 13.4.